The Labute approximate surface area is 126 Å². The van der Waals surface area contributed by atoms with Gasteiger partial charge in [-0.1, -0.05) is 0 Å². The van der Waals surface area contributed by atoms with Crippen LogP contribution in [0, 0.1) is 0 Å². The lowest BCUT2D eigenvalue weighted by Gasteiger charge is -2.26. The molecule has 0 radical (unpaired) electrons. The van der Waals surface area contributed by atoms with E-state index in [4.69, 9.17) is 0 Å². The van der Waals surface area contributed by atoms with Crippen LogP contribution in [0.25, 0.3) is 0 Å². The Balaban J connectivity index is 1.66. The van der Waals surface area contributed by atoms with E-state index in [1.165, 1.54) is 0 Å². The van der Waals surface area contributed by atoms with Crippen LogP contribution in [0.15, 0.2) is 11.6 Å². The summed E-state index contributed by atoms with van der Waals surface area (Å²) in [4.78, 5) is 6.55. The Hall–Kier alpha value is -1.36. The number of fused-ring (bicyclic) bond motifs is 1. The molecule has 3 heterocycles. The highest BCUT2D eigenvalue weighted by Crippen LogP contribution is 2.16. The molecule has 3 rings (SSSR count). The standard InChI is InChI=1S/C11H16N6O2S2/c1-21(18,19)13-6-9-14-15-10-7-16(3-4-17(9)10)8-11-12-2-5-20-11/h2,5,13H,3-4,6-8H2,1H3. The van der Waals surface area contributed by atoms with E-state index in [0.717, 1.165) is 36.7 Å². The molecular weight excluding hydrogens is 312 g/mol. The van der Waals surface area contributed by atoms with Crippen molar-refractivity contribution in [1.29, 1.82) is 0 Å². The molecule has 0 aromatic carbocycles. The smallest absolute Gasteiger partial charge is 0.209 e. The lowest BCUT2D eigenvalue weighted by molar-refractivity contribution is 0.207. The third kappa shape index (κ3) is 3.64. The van der Waals surface area contributed by atoms with Crippen LogP contribution in [-0.4, -0.2) is 45.9 Å². The van der Waals surface area contributed by atoms with E-state index in [2.05, 4.69) is 24.8 Å². The van der Waals surface area contributed by atoms with E-state index in [0.29, 0.717) is 12.4 Å². The molecule has 21 heavy (non-hydrogen) atoms. The molecule has 1 aliphatic rings. The van der Waals surface area contributed by atoms with Gasteiger partial charge in [0.25, 0.3) is 0 Å². The van der Waals surface area contributed by atoms with Gasteiger partial charge in [-0.05, 0) is 0 Å². The molecule has 0 amide bonds. The van der Waals surface area contributed by atoms with Crippen molar-refractivity contribution in [3.8, 4) is 0 Å². The number of aromatic nitrogens is 4. The largest absolute Gasteiger partial charge is 0.311 e. The average Bonchev–Trinajstić information content (AvgIpc) is 3.04. The molecule has 0 aliphatic carbocycles. The first kappa shape index (κ1) is 14.6. The molecule has 1 N–H and O–H groups in total. The van der Waals surface area contributed by atoms with Gasteiger partial charge in [-0.2, -0.15) is 0 Å². The van der Waals surface area contributed by atoms with Gasteiger partial charge in [0.1, 0.15) is 16.7 Å². The quantitative estimate of drug-likeness (QED) is 0.817. The summed E-state index contributed by atoms with van der Waals surface area (Å²) in [5.74, 6) is 1.52. The molecule has 0 fully saturated rings. The van der Waals surface area contributed by atoms with Crippen LogP contribution in [-0.2, 0) is 36.2 Å². The highest BCUT2D eigenvalue weighted by molar-refractivity contribution is 7.88. The minimum atomic E-state index is -3.22. The normalized spacial score (nSPS) is 16.0. The van der Waals surface area contributed by atoms with Crippen molar-refractivity contribution in [3.05, 3.63) is 28.2 Å². The van der Waals surface area contributed by atoms with Gasteiger partial charge in [-0.15, -0.1) is 21.5 Å². The highest BCUT2D eigenvalue weighted by Gasteiger charge is 2.21. The number of nitrogens with zero attached hydrogens (tertiary/aromatic N) is 5. The topological polar surface area (TPSA) is 93.0 Å². The number of hydrogen-bond donors (Lipinski definition) is 1. The summed E-state index contributed by atoms with van der Waals surface area (Å²) in [6, 6.07) is 0. The van der Waals surface area contributed by atoms with Crippen LogP contribution in [0.5, 0.6) is 0 Å². The lowest BCUT2D eigenvalue weighted by Crippen LogP contribution is -2.34. The molecule has 0 spiro atoms. The molecule has 2 aromatic rings. The summed E-state index contributed by atoms with van der Waals surface area (Å²) in [7, 11) is -3.22. The van der Waals surface area contributed by atoms with Gasteiger partial charge in [-0.3, -0.25) is 4.90 Å². The monoisotopic (exact) mass is 328 g/mol. The van der Waals surface area contributed by atoms with E-state index in [9.17, 15) is 8.42 Å². The molecule has 0 saturated carbocycles. The van der Waals surface area contributed by atoms with Gasteiger partial charge in [-0.25, -0.2) is 18.1 Å². The number of hydrogen-bond acceptors (Lipinski definition) is 7. The van der Waals surface area contributed by atoms with E-state index >= 15 is 0 Å². The number of sulfonamides is 1. The minimum absolute atomic E-state index is 0.179. The number of nitrogens with one attached hydrogen (secondary N) is 1. The molecule has 0 bridgehead atoms. The SMILES string of the molecule is CS(=O)(=O)NCc1nnc2n1CCN(Cc1nccs1)C2. The zero-order chi connectivity index (χ0) is 14.9. The minimum Gasteiger partial charge on any atom is -0.311 e. The van der Waals surface area contributed by atoms with Crippen molar-refractivity contribution in [2.75, 3.05) is 12.8 Å². The second kappa shape index (κ2) is 5.79. The summed E-state index contributed by atoms with van der Waals surface area (Å²) < 4.78 is 26.7. The summed E-state index contributed by atoms with van der Waals surface area (Å²) in [5, 5.41) is 11.3. The lowest BCUT2D eigenvalue weighted by atomic mass is 10.3. The first-order valence-electron chi connectivity index (χ1n) is 6.47. The molecule has 0 atom stereocenters. The van der Waals surface area contributed by atoms with Crippen molar-refractivity contribution in [1.82, 2.24) is 29.4 Å². The maximum atomic E-state index is 11.1. The van der Waals surface area contributed by atoms with Gasteiger partial charge in [0, 0.05) is 24.7 Å². The fraction of sp³-hybridized carbons (Fsp3) is 0.545. The Bertz CT molecular complexity index is 709. The summed E-state index contributed by atoms with van der Waals surface area (Å²) in [6.07, 6.45) is 2.94. The fourth-order valence-corrected chi connectivity index (χ4v) is 3.30. The van der Waals surface area contributed by atoms with E-state index < -0.39 is 10.0 Å². The zero-order valence-electron chi connectivity index (χ0n) is 11.6. The molecule has 10 heteroatoms. The summed E-state index contributed by atoms with van der Waals surface area (Å²) in [5.41, 5.74) is 0. The van der Waals surface area contributed by atoms with Crippen LogP contribution in [0.1, 0.15) is 16.7 Å². The molecular formula is C11H16N6O2S2. The summed E-state index contributed by atoms with van der Waals surface area (Å²) >= 11 is 1.64. The van der Waals surface area contributed by atoms with Gasteiger partial charge in [0.05, 0.1) is 25.9 Å². The van der Waals surface area contributed by atoms with Crippen LogP contribution in [0.2, 0.25) is 0 Å². The molecule has 8 nitrogen and oxygen atoms in total. The molecule has 114 valence electrons. The Kier molecular flexibility index (Phi) is 4.02. The average molecular weight is 328 g/mol. The van der Waals surface area contributed by atoms with Crippen molar-refractivity contribution >= 4 is 21.4 Å². The maximum absolute atomic E-state index is 11.1. The van der Waals surface area contributed by atoms with Crippen molar-refractivity contribution in [3.63, 3.8) is 0 Å². The van der Waals surface area contributed by atoms with Gasteiger partial charge in [0.15, 0.2) is 0 Å². The second-order valence-electron chi connectivity index (χ2n) is 4.91. The maximum Gasteiger partial charge on any atom is 0.209 e. The van der Waals surface area contributed by atoms with Gasteiger partial charge in [0.2, 0.25) is 10.0 Å². The van der Waals surface area contributed by atoms with Crippen molar-refractivity contribution in [2.45, 2.75) is 26.2 Å². The predicted octanol–water partition coefficient (Wildman–Crippen LogP) is -0.200. The number of rotatable bonds is 5. The van der Waals surface area contributed by atoms with Crippen LogP contribution >= 0.6 is 11.3 Å². The Morgan fingerprint density at radius 3 is 2.95 bits per heavy atom. The van der Waals surface area contributed by atoms with E-state index in [1.807, 2.05) is 9.95 Å². The fourth-order valence-electron chi connectivity index (χ4n) is 2.25. The van der Waals surface area contributed by atoms with Crippen LogP contribution in [0.4, 0.5) is 0 Å². The molecule has 0 saturated heterocycles. The van der Waals surface area contributed by atoms with Crippen LogP contribution < -0.4 is 4.72 Å². The van der Waals surface area contributed by atoms with Gasteiger partial charge >= 0.3 is 0 Å². The highest BCUT2D eigenvalue weighted by atomic mass is 32.2. The van der Waals surface area contributed by atoms with E-state index in [1.54, 1.807) is 17.5 Å². The van der Waals surface area contributed by atoms with Crippen molar-refractivity contribution in [2.24, 2.45) is 0 Å². The third-order valence-corrected chi connectivity index (χ3v) is 4.68. The van der Waals surface area contributed by atoms with E-state index in [-0.39, 0.29) is 6.54 Å². The van der Waals surface area contributed by atoms with Crippen LogP contribution in [0.3, 0.4) is 0 Å². The number of thiazole rings is 1. The first-order chi connectivity index (χ1) is 10.0. The second-order valence-corrected chi connectivity index (χ2v) is 7.73. The first-order valence-corrected chi connectivity index (χ1v) is 9.25. The third-order valence-electron chi connectivity index (χ3n) is 3.24. The zero-order valence-corrected chi connectivity index (χ0v) is 13.2. The molecule has 0 unspecified atom stereocenters. The van der Waals surface area contributed by atoms with Gasteiger partial charge < -0.3 is 4.57 Å². The van der Waals surface area contributed by atoms with Crippen molar-refractivity contribution < 1.29 is 8.42 Å². The predicted molar refractivity (Wildman–Crippen MR) is 77.9 cm³/mol. The Morgan fingerprint density at radius 1 is 1.38 bits per heavy atom. The molecule has 1 aliphatic heterocycles. The summed E-state index contributed by atoms with van der Waals surface area (Å²) in [6.45, 7) is 3.32. The Morgan fingerprint density at radius 2 is 2.24 bits per heavy atom. The molecule has 2 aromatic heterocycles.